The lowest BCUT2D eigenvalue weighted by Crippen LogP contribution is -2.26. The molecule has 0 atom stereocenters. The zero-order valence-electron chi connectivity index (χ0n) is 12.1. The summed E-state index contributed by atoms with van der Waals surface area (Å²) < 4.78 is 0.722. The minimum Gasteiger partial charge on any atom is -0.337 e. The standard InChI is InChI=1S/C15H16Cl2N2OS/c1-9(2)12-6-10(7-13(16)18-12)15(20)19(3)8-11-4-5-14(17)21-11/h4-7,9H,8H2,1-3H3. The third-order valence-electron chi connectivity index (χ3n) is 3.02. The first kappa shape index (κ1) is 16.3. The minimum absolute atomic E-state index is 0.0780. The first-order valence-corrected chi connectivity index (χ1v) is 8.11. The maximum Gasteiger partial charge on any atom is 0.254 e. The molecule has 2 rings (SSSR count). The van der Waals surface area contributed by atoms with Crippen LogP contribution in [0.1, 0.15) is 40.7 Å². The van der Waals surface area contributed by atoms with Crippen LogP contribution in [0.4, 0.5) is 0 Å². The summed E-state index contributed by atoms with van der Waals surface area (Å²) in [5.41, 5.74) is 1.38. The number of halogens is 2. The molecule has 0 aromatic carbocycles. The van der Waals surface area contributed by atoms with E-state index >= 15 is 0 Å². The summed E-state index contributed by atoms with van der Waals surface area (Å²) in [4.78, 5) is 19.4. The monoisotopic (exact) mass is 342 g/mol. The van der Waals surface area contributed by atoms with Gasteiger partial charge in [0.15, 0.2) is 0 Å². The molecule has 0 fully saturated rings. The summed E-state index contributed by atoms with van der Waals surface area (Å²) >= 11 is 13.4. The number of aromatic nitrogens is 1. The van der Waals surface area contributed by atoms with Crippen LogP contribution in [0.3, 0.4) is 0 Å². The third-order valence-corrected chi connectivity index (χ3v) is 4.43. The van der Waals surface area contributed by atoms with Gasteiger partial charge in [0.1, 0.15) is 5.15 Å². The van der Waals surface area contributed by atoms with E-state index in [2.05, 4.69) is 4.98 Å². The average Bonchev–Trinajstić information content (AvgIpc) is 2.82. The molecule has 0 radical (unpaired) electrons. The fraction of sp³-hybridized carbons (Fsp3) is 0.333. The van der Waals surface area contributed by atoms with Gasteiger partial charge >= 0.3 is 0 Å². The molecule has 0 bridgehead atoms. The van der Waals surface area contributed by atoms with Gasteiger partial charge in [0.05, 0.1) is 10.9 Å². The molecular weight excluding hydrogens is 327 g/mol. The van der Waals surface area contributed by atoms with Crippen LogP contribution in [0.15, 0.2) is 24.3 Å². The lowest BCUT2D eigenvalue weighted by atomic mass is 10.1. The number of rotatable bonds is 4. The van der Waals surface area contributed by atoms with Crippen molar-refractivity contribution in [2.45, 2.75) is 26.3 Å². The SMILES string of the molecule is CC(C)c1cc(C(=O)N(C)Cc2ccc(Cl)s2)cc(Cl)n1. The van der Waals surface area contributed by atoms with Crippen molar-refractivity contribution in [2.24, 2.45) is 0 Å². The molecule has 0 unspecified atom stereocenters. The first-order valence-electron chi connectivity index (χ1n) is 6.54. The van der Waals surface area contributed by atoms with Crippen molar-refractivity contribution in [1.29, 1.82) is 0 Å². The Kier molecular flexibility index (Phi) is 5.25. The highest BCUT2D eigenvalue weighted by molar-refractivity contribution is 7.16. The zero-order chi connectivity index (χ0) is 15.6. The molecule has 1 amide bonds. The van der Waals surface area contributed by atoms with Gasteiger partial charge in [-0.1, -0.05) is 37.0 Å². The van der Waals surface area contributed by atoms with Crippen molar-refractivity contribution < 1.29 is 4.79 Å². The minimum atomic E-state index is -0.0780. The summed E-state index contributed by atoms with van der Waals surface area (Å²) in [5, 5.41) is 0.345. The van der Waals surface area contributed by atoms with Crippen LogP contribution in [0.5, 0.6) is 0 Å². The number of pyridine rings is 1. The van der Waals surface area contributed by atoms with Gasteiger partial charge in [-0.05, 0) is 30.2 Å². The maximum absolute atomic E-state index is 12.5. The fourth-order valence-corrected chi connectivity index (χ4v) is 3.26. The highest BCUT2D eigenvalue weighted by Gasteiger charge is 2.16. The quantitative estimate of drug-likeness (QED) is 0.744. The molecule has 2 aromatic heterocycles. The lowest BCUT2D eigenvalue weighted by molar-refractivity contribution is 0.0786. The zero-order valence-corrected chi connectivity index (χ0v) is 14.4. The van der Waals surface area contributed by atoms with Crippen molar-refractivity contribution in [2.75, 3.05) is 7.05 Å². The van der Waals surface area contributed by atoms with Gasteiger partial charge in [-0.2, -0.15) is 0 Å². The van der Waals surface area contributed by atoms with Crippen molar-refractivity contribution in [1.82, 2.24) is 9.88 Å². The molecule has 0 aliphatic rings. The van der Waals surface area contributed by atoms with Crippen LogP contribution in [0.25, 0.3) is 0 Å². The van der Waals surface area contributed by atoms with Crippen LogP contribution in [0, 0.1) is 0 Å². The Bertz CT molecular complexity index is 655. The van der Waals surface area contributed by atoms with E-state index in [1.54, 1.807) is 24.1 Å². The average molecular weight is 343 g/mol. The molecule has 2 heterocycles. The van der Waals surface area contributed by atoms with Gasteiger partial charge in [0.2, 0.25) is 0 Å². The number of nitrogens with zero attached hydrogens (tertiary/aromatic N) is 2. The predicted molar refractivity (Wildman–Crippen MR) is 88.5 cm³/mol. The predicted octanol–water partition coefficient (Wildman–Crippen LogP) is 4.85. The molecule has 0 saturated heterocycles. The number of amides is 1. The van der Waals surface area contributed by atoms with Crippen molar-refractivity contribution in [3.63, 3.8) is 0 Å². The van der Waals surface area contributed by atoms with E-state index in [0.29, 0.717) is 17.3 Å². The molecule has 0 spiro atoms. The largest absolute Gasteiger partial charge is 0.337 e. The van der Waals surface area contributed by atoms with E-state index in [4.69, 9.17) is 23.2 Å². The molecule has 0 saturated carbocycles. The van der Waals surface area contributed by atoms with Crippen LogP contribution < -0.4 is 0 Å². The molecule has 6 heteroatoms. The molecule has 2 aromatic rings. The van der Waals surface area contributed by atoms with Crippen molar-refractivity contribution in [3.8, 4) is 0 Å². The van der Waals surface area contributed by atoms with Crippen molar-refractivity contribution in [3.05, 3.63) is 49.9 Å². The fourth-order valence-electron chi connectivity index (χ4n) is 1.90. The second kappa shape index (κ2) is 6.77. The Morgan fingerprint density at radius 3 is 2.62 bits per heavy atom. The molecule has 21 heavy (non-hydrogen) atoms. The Hall–Kier alpha value is -1.10. The molecular formula is C15H16Cl2N2OS. The smallest absolute Gasteiger partial charge is 0.254 e. The lowest BCUT2D eigenvalue weighted by Gasteiger charge is -2.17. The maximum atomic E-state index is 12.5. The van der Waals surface area contributed by atoms with Gasteiger partial charge in [-0.25, -0.2) is 4.98 Å². The van der Waals surface area contributed by atoms with Crippen molar-refractivity contribution >= 4 is 40.4 Å². The van der Waals surface area contributed by atoms with E-state index in [1.807, 2.05) is 26.0 Å². The topological polar surface area (TPSA) is 33.2 Å². The van der Waals surface area contributed by atoms with E-state index in [-0.39, 0.29) is 11.8 Å². The van der Waals surface area contributed by atoms with Gasteiger partial charge in [0, 0.05) is 23.2 Å². The molecule has 0 N–H and O–H groups in total. The summed E-state index contributed by atoms with van der Waals surface area (Å²) in [5.74, 6) is 0.141. The summed E-state index contributed by atoms with van der Waals surface area (Å²) in [7, 11) is 1.76. The second-order valence-electron chi connectivity index (χ2n) is 5.13. The second-order valence-corrected chi connectivity index (χ2v) is 7.31. The molecule has 3 nitrogen and oxygen atoms in total. The van der Waals surface area contributed by atoms with Crippen LogP contribution >= 0.6 is 34.5 Å². The summed E-state index contributed by atoms with van der Waals surface area (Å²) in [6, 6.07) is 7.17. The number of thiophene rings is 1. The van der Waals surface area contributed by atoms with E-state index < -0.39 is 0 Å². The van der Waals surface area contributed by atoms with Crippen LogP contribution in [-0.4, -0.2) is 22.8 Å². The van der Waals surface area contributed by atoms with Crippen LogP contribution in [0.2, 0.25) is 9.49 Å². The normalized spacial score (nSPS) is 11.0. The number of carbonyl (C=O) groups excluding carboxylic acids is 1. The van der Waals surface area contributed by atoms with E-state index in [1.165, 1.54) is 11.3 Å². The molecule has 0 aliphatic heterocycles. The highest BCUT2D eigenvalue weighted by Crippen LogP contribution is 2.23. The number of carbonyl (C=O) groups is 1. The van der Waals surface area contributed by atoms with E-state index in [0.717, 1.165) is 14.9 Å². The Morgan fingerprint density at radius 1 is 1.33 bits per heavy atom. The first-order chi connectivity index (χ1) is 9.86. The van der Waals surface area contributed by atoms with Gasteiger partial charge in [-0.3, -0.25) is 4.79 Å². The van der Waals surface area contributed by atoms with E-state index in [9.17, 15) is 4.79 Å². The molecule has 112 valence electrons. The van der Waals surface area contributed by atoms with Gasteiger partial charge in [0.25, 0.3) is 5.91 Å². The third kappa shape index (κ3) is 4.19. The number of hydrogen-bond donors (Lipinski definition) is 0. The van der Waals surface area contributed by atoms with Gasteiger partial charge in [-0.15, -0.1) is 11.3 Å². The Morgan fingerprint density at radius 2 is 2.05 bits per heavy atom. The Balaban J connectivity index is 2.19. The summed E-state index contributed by atoms with van der Waals surface area (Å²) in [6.07, 6.45) is 0. The highest BCUT2D eigenvalue weighted by atomic mass is 35.5. The van der Waals surface area contributed by atoms with Crippen LogP contribution in [-0.2, 0) is 6.54 Å². The Labute approximate surface area is 138 Å². The number of hydrogen-bond acceptors (Lipinski definition) is 3. The summed E-state index contributed by atoms with van der Waals surface area (Å²) in [6.45, 7) is 4.56. The molecule has 0 aliphatic carbocycles. The van der Waals surface area contributed by atoms with Gasteiger partial charge < -0.3 is 4.90 Å².